The molecule has 0 bridgehead atoms. The van der Waals surface area contributed by atoms with Crippen molar-refractivity contribution >= 4 is 56.7 Å². The maximum Gasteiger partial charge on any atom is 0.469 e. The molecular weight excluding hydrogens is 605 g/mol. The average molecular weight is 625 g/mol. The highest BCUT2D eigenvalue weighted by atomic mass is 79.9. The van der Waals surface area contributed by atoms with Gasteiger partial charge in [-0.1, -0.05) is 0 Å². The lowest BCUT2D eigenvalue weighted by molar-refractivity contribution is -0.0504. The number of methoxy groups -OCH3 is 1. The highest BCUT2D eigenvalue weighted by molar-refractivity contribution is 9.11. The highest BCUT2D eigenvalue weighted by Gasteiger charge is 2.45. The van der Waals surface area contributed by atoms with Crippen LogP contribution >= 0.6 is 39.7 Å². The Morgan fingerprint density at radius 2 is 1.88 bits per heavy atom. The minimum Gasteiger partial charge on any atom is -0.494 e. The van der Waals surface area contributed by atoms with E-state index in [2.05, 4.69) is 56.7 Å². The smallest absolute Gasteiger partial charge is 0.469 e. The van der Waals surface area contributed by atoms with E-state index >= 15 is 0 Å². The minimum absolute atomic E-state index is 0.322. The van der Waals surface area contributed by atoms with E-state index in [1.165, 1.54) is 17.2 Å². The Labute approximate surface area is 209 Å². The van der Waals surface area contributed by atoms with Gasteiger partial charge in [0.25, 0.3) is 0 Å². The van der Waals surface area contributed by atoms with E-state index in [0.29, 0.717) is 29.3 Å². The SMILES string of the molecule is COc1c(Br)cc(CNc2ncnc3c2ncn3[C@@H]2O[C@H](COP(=O)(O)O)[C@@H](O)[C@H]2O)cc1Br. The number of nitrogens with one attached hydrogen (secondary N) is 1. The van der Waals surface area contributed by atoms with Crippen molar-refractivity contribution in [3.05, 3.63) is 39.3 Å². The number of phosphoric ester groups is 1. The second kappa shape index (κ2) is 10.1. The van der Waals surface area contributed by atoms with Crippen LogP contribution < -0.4 is 10.1 Å². The first-order valence-corrected chi connectivity index (χ1v) is 12.9. The van der Waals surface area contributed by atoms with Crippen LogP contribution in [0, 0.1) is 0 Å². The summed E-state index contributed by atoms with van der Waals surface area (Å²) in [5, 5.41) is 23.9. The molecule has 1 fully saturated rings. The van der Waals surface area contributed by atoms with Gasteiger partial charge in [0.05, 0.1) is 29.0 Å². The van der Waals surface area contributed by atoms with E-state index in [1.807, 2.05) is 12.1 Å². The molecule has 5 N–H and O–H groups in total. The molecule has 2 aromatic heterocycles. The van der Waals surface area contributed by atoms with Gasteiger partial charge in [-0.3, -0.25) is 9.09 Å². The molecule has 16 heteroatoms. The van der Waals surface area contributed by atoms with Crippen LogP contribution in [-0.2, 0) is 20.4 Å². The number of aliphatic hydroxyl groups excluding tert-OH is 2. The molecule has 13 nitrogen and oxygen atoms in total. The van der Waals surface area contributed by atoms with Crippen molar-refractivity contribution in [2.75, 3.05) is 19.0 Å². The number of phosphoric acid groups is 1. The quantitative estimate of drug-likeness (QED) is 0.229. The predicted octanol–water partition coefficient (Wildman–Crippen LogP) is 1.70. The van der Waals surface area contributed by atoms with Crippen LogP contribution in [0.25, 0.3) is 11.2 Å². The summed E-state index contributed by atoms with van der Waals surface area (Å²) in [4.78, 5) is 30.5. The van der Waals surface area contributed by atoms with Gasteiger partial charge in [-0.05, 0) is 49.6 Å². The largest absolute Gasteiger partial charge is 0.494 e. The zero-order chi connectivity index (χ0) is 24.6. The monoisotopic (exact) mass is 623 g/mol. The van der Waals surface area contributed by atoms with Gasteiger partial charge in [-0.2, -0.15) is 0 Å². The Morgan fingerprint density at radius 3 is 2.53 bits per heavy atom. The molecule has 0 aliphatic carbocycles. The lowest BCUT2D eigenvalue weighted by atomic mass is 10.1. The van der Waals surface area contributed by atoms with Crippen molar-refractivity contribution in [1.82, 2.24) is 19.5 Å². The van der Waals surface area contributed by atoms with Crippen LogP contribution in [0.1, 0.15) is 11.8 Å². The Bertz CT molecular complexity index is 1220. The van der Waals surface area contributed by atoms with Crippen LogP contribution in [0.2, 0.25) is 0 Å². The number of ether oxygens (including phenoxy) is 2. The van der Waals surface area contributed by atoms with E-state index in [0.717, 1.165) is 14.5 Å². The van der Waals surface area contributed by atoms with E-state index in [9.17, 15) is 14.8 Å². The summed E-state index contributed by atoms with van der Waals surface area (Å²) in [5.74, 6) is 1.11. The third kappa shape index (κ3) is 5.27. The molecule has 1 aliphatic heterocycles. The minimum atomic E-state index is -4.77. The molecule has 3 heterocycles. The molecule has 3 aromatic rings. The van der Waals surface area contributed by atoms with Crippen molar-refractivity contribution in [1.29, 1.82) is 0 Å². The average Bonchev–Trinajstić information content (AvgIpc) is 3.32. The van der Waals surface area contributed by atoms with E-state index in [1.54, 1.807) is 7.11 Å². The molecule has 0 spiro atoms. The second-order valence-electron chi connectivity index (χ2n) is 7.33. The Hall–Kier alpha value is -1.68. The summed E-state index contributed by atoms with van der Waals surface area (Å²) in [6.07, 6.45) is -2.45. The zero-order valence-corrected chi connectivity index (χ0v) is 21.5. The molecule has 0 amide bonds. The first-order valence-electron chi connectivity index (χ1n) is 9.74. The van der Waals surface area contributed by atoms with Gasteiger partial charge in [0.2, 0.25) is 0 Å². The van der Waals surface area contributed by atoms with Crippen LogP contribution in [0.4, 0.5) is 5.82 Å². The summed E-state index contributed by atoms with van der Waals surface area (Å²) in [6, 6.07) is 3.80. The van der Waals surface area contributed by atoms with Gasteiger partial charge in [0.1, 0.15) is 30.4 Å². The number of aliphatic hydroxyl groups is 2. The van der Waals surface area contributed by atoms with Crippen LogP contribution in [-0.4, -0.2) is 71.5 Å². The number of halogens is 2. The number of aromatic nitrogens is 4. The number of hydrogen-bond donors (Lipinski definition) is 5. The van der Waals surface area contributed by atoms with Gasteiger partial charge in [0, 0.05) is 6.54 Å². The highest BCUT2D eigenvalue weighted by Crippen LogP contribution is 2.39. The fourth-order valence-corrected chi connectivity index (χ4v) is 5.48. The number of hydrogen-bond acceptors (Lipinski definition) is 10. The summed E-state index contributed by atoms with van der Waals surface area (Å²) in [7, 11) is -3.19. The van der Waals surface area contributed by atoms with Crippen molar-refractivity contribution in [2.24, 2.45) is 0 Å². The third-order valence-electron chi connectivity index (χ3n) is 5.10. The fourth-order valence-electron chi connectivity index (χ4n) is 3.53. The number of nitrogens with zero attached hydrogens (tertiary/aromatic N) is 4. The Morgan fingerprint density at radius 1 is 1.18 bits per heavy atom. The summed E-state index contributed by atoms with van der Waals surface area (Å²) < 4.78 is 29.2. The first-order chi connectivity index (χ1) is 16.1. The first kappa shape index (κ1) is 25.4. The van der Waals surface area contributed by atoms with Gasteiger partial charge in [0.15, 0.2) is 23.2 Å². The van der Waals surface area contributed by atoms with E-state index in [-0.39, 0.29) is 0 Å². The molecule has 34 heavy (non-hydrogen) atoms. The van der Waals surface area contributed by atoms with Gasteiger partial charge < -0.3 is 34.8 Å². The normalized spacial score (nSPS) is 22.9. The lowest BCUT2D eigenvalue weighted by Gasteiger charge is -2.16. The summed E-state index contributed by atoms with van der Waals surface area (Å²) in [6.45, 7) is -0.205. The lowest BCUT2D eigenvalue weighted by Crippen LogP contribution is -2.33. The number of anilines is 1. The van der Waals surface area contributed by atoms with Crippen molar-refractivity contribution in [3.8, 4) is 5.75 Å². The summed E-state index contributed by atoms with van der Waals surface area (Å²) in [5.41, 5.74) is 1.65. The third-order valence-corrected chi connectivity index (χ3v) is 6.76. The molecule has 184 valence electrons. The van der Waals surface area contributed by atoms with Crippen LogP contribution in [0.15, 0.2) is 33.7 Å². The summed E-state index contributed by atoms with van der Waals surface area (Å²) >= 11 is 6.94. The maximum absolute atomic E-state index is 11.0. The van der Waals surface area contributed by atoms with Gasteiger partial charge >= 0.3 is 7.82 Å². The molecule has 4 rings (SSSR count). The van der Waals surface area contributed by atoms with E-state index in [4.69, 9.17) is 19.3 Å². The van der Waals surface area contributed by atoms with E-state index < -0.39 is 39.0 Å². The fraction of sp³-hybridized carbons (Fsp3) is 0.389. The second-order valence-corrected chi connectivity index (χ2v) is 10.3. The predicted molar refractivity (Wildman–Crippen MR) is 125 cm³/mol. The molecule has 1 saturated heterocycles. The van der Waals surface area contributed by atoms with Gasteiger partial charge in [-0.25, -0.2) is 19.5 Å². The van der Waals surface area contributed by atoms with Crippen LogP contribution in [0.3, 0.4) is 0 Å². The number of rotatable bonds is 8. The molecule has 0 unspecified atom stereocenters. The van der Waals surface area contributed by atoms with Crippen molar-refractivity contribution in [3.63, 3.8) is 0 Å². The number of benzene rings is 1. The molecule has 0 radical (unpaired) electrons. The number of imidazole rings is 1. The zero-order valence-electron chi connectivity index (χ0n) is 17.4. The Kier molecular flexibility index (Phi) is 7.57. The van der Waals surface area contributed by atoms with Crippen molar-refractivity contribution in [2.45, 2.75) is 31.1 Å². The Balaban J connectivity index is 1.54. The maximum atomic E-state index is 11.0. The number of fused-ring (bicyclic) bond motifs is 1. The molecule has 0 saturated carbocycles. The molecule has 1 aliphatic rings. The van der Waals surface area contributed by atoms with Gasteiger partial charge in [-0.15, -0.1) is 0 Å². The topological polar surface area (TPSA) is 181 Å². The molecular formula is C18H20Br2N5O8P. The molecule has 1 aromatic carbocycles. The van der Waals surface area contributed by atoms with Crippen molar-refractivity contribution < 1.29 is 38.6 Å². The standard InChI is InChI=1S/C18H20Br2N5O8P/c1-31-15-9(19)2-8(3-10(15)20)4-21-16-12-17(23-6-22-16)25(7-24-12)18-14(27)13(26)11(33-18)5-32-34(28,29)30/h2-3,6-7,11,13-14,18,26-27H,4-5H2,1H3,(H,21,22,23)(H2,28,29,30)/t11-,13-,14-,18-/m1/s1. The molecule has 4 atom stereocenters. The van der Waals surface area contributed by atoms with Crippen LogP contribution in [0.5, 0.6) is 5.75 Å².